The molecule has 1 aliphatic carbocycles. The van der Waals surface area contributed by atoms with E-state index in [2.05, 4.69) is 36.2 Å². The van der Waals surface area contributed by atoms with Gasteiger partial charge in [0.05, 0.1) is 0 Å². The number of fused-ring (bicyclic) bond motifs is 3. The normalized spacial score (nSPS) is 14.1. The minimum absolute atomic E-state index is 0.0553. The van der Waals surface area contributed by atoms with Gasteiger partial charge in [-0.05, 0) is 48.4 Å². The molecule has 176 valence electrons. The minimum Gasteiger partial charge on any atom is -0.480 e. The average molecular weight is 450 g/mol. The van der Waals surface area contributed by atoms with Gasteiger partial charge in [0, 0.05) is 5.92 Å². The van der Waals surface area contributed by atoms with Crippen molar-refractivity contribution >= 4 is 12.1 Å². The fourth-order valence-corrected chi connectivity index (χ4v) is 4.56. The number of carbonyl (C=O) groups is 2. The van der Waals surface area contributed by atoms with E-state index >= 15 is 0 Å². The number of carbonyl (C=O) groups excluding carboxylic acids is 1. The molecule has 1 amide bonds. The molecular weight excluding hydrogens is 414 g/mol. The number of alkyl carbamates (subject to hydrolysis) is 1. The van der Waals surface area contributed by atoms with Gasteiger partial charge in [0.25, 0.3) is 0 Å². The van der Waals surface area contributed by atoms with Gasteiger partial charge in [-0.15, -0.1) is 6.58 Å². The second-order valence-corrected chi connectivity index (χ2v) is 9.04. The van der Waals surface area contributed by atoms with Gasteiger partial charge >= 0.3 is 12.1 Å². The highest BCUT2D eigenvalue weighted by Gasteiger charge is 2.35. The first-order valence-electron chi connectivity index (χ1n) is 11.9. The Hall–Kier alpha value is -3.08. The smallest absolute Gasteiger partial charge is 0.408 e. The molecule has 5 heteroatoms. The summed E-state index contributed by atoms with van der Waals surface area (Å²) in [6.45, 7) is 5.45. The Balaban J connectivity index is 1.51. The number of carboxylic acids is 1. The van der Waals surface area contributed by atoms with Crippen molar-refractivity contribution in [3.05, 3.63) is 72.3 Å². The summed E-state index contributed by atoms with van der Waals surface area (Å²) >= 11 is 0. The van der Waals surface area contributed by atoms with Crippen LogP contribution in [0.1, 0.15) is 75.3 Å². The molecular formula is C28H35NO4. The van der Waals surface area contributed by atoms with Gasteiger partial charge < -0.3 is 15.2 Å². The topological polar surface area (TPSA) is 75.6 Å². The summed E-state index contributed by atoms with van der Waals surface area (Å²) in [4.78, 5) is 24.5. The number of carboxylic acid groups (broad SMARTS) is 1. The molecule has 0 saturated carbocycles. The first-order valence-corrected chi connectivity index (χ1v) is 11.9. The summed E-state index contributed by atoms with van der Waals surface area (Å²) in [6, 6.07) is 16.2. The zero-order valence-electron chi connectivity index (χ0n) is 19.5. The molecule has 2 aromatic carbocycles. The van der Waals surface area contributed by atoms with Crippen molar-refractivity contribution in [1.29, 1.82) is 0 Å². The number of hydrogen-bond acceptors (Lipinski definition) is 3. The molecule has 0 spiro atoms. The molecule has 0 fully saturated rings. The molecule has 0 radical (unpaired) electrons. The van der Waals surface area contributed by atoms with Crippen LogP contribution in [-0.4, -0.2) is 29.3 Å². The molecule has 0 heterocycles. The maximum Gasteiger partial charge on any atom is 0.408 e. The van der Waals surface area contributed by atoms with Crippen LogP contribution in [0.25, 0.3) is 11.1 Å². The quantitative estimate of drug-likeness (QED) is 0.264. The number of amides is 1. The van der Waals surface area contributed by atoms with Crippen LogP contribution in [0.4, 0.5) is 4.79 Å². The summed E-state index contributed by atoms with van der Waals surface area (Å²) < 4.78 is 5.55. The molecule has 1 aliphatic rings. The summed E-state index contributed by atoms with van der Waals surface area (Å²) in [5.74, 6) is -1.10. The Morgan fingerprint density at radius 1 is 0.970 bits per heavy atom. The van der Waals surface area contributed by atoms with Crippen LogP contribution in [0.5, 0.6) is 0 Å². The third kappa shape index (κ3) is 6.25. The molecule has 0 bridgehead atoms. The average Bonchev–Trinajstić information content (AvgIpc) is 3.13. The highest BCUT2D eigenvalue weighted by atomic mass is 16.5. The highest BCUT2D eigenvalue weighted by Crippen LogP contribution is 2.44. The zero-order valence-corrected chi connectivity index (χ0v) is 19.5. The summed E-state index contributed by atoms with van der Waals surface area (Å²) in [5, 5.41) is 12.4. The van der Waals surface area contributed by atoms with Crippen molar-refractivity contribution < 1.29 is 19.4 Å². The summed E-state index contributed by atoms with van der Waals surface area (Å²) in [5.41, 5.74) is 3.22. The van der Waals surface area contributed by atoms with Crippen molar-refractivity contribution in [3.8, 4) is 11.1 Å². The predicted octanol–water partition coefficient (Wildman–Crippen LogP) is 6.68. The third-order valence-electron chi connectivity index (χ3n) is 6.53. The van der Waals surface area contributed by atoms with Crippen molar-refractivity contribution in [2.75, 3.05) is 6.61 Å². The van der Waals surface area contributed by atoms with E-state index in [1.165, 1.54) is 6.42 Å². The third-order valence-corrected chi connectivity index (χ3v) is 6.53. The fourth-order valence-electron chi connectivity index (χ4n) is 4.56. The van der Waals surface area contributed by atoms with Gasteiger partial charge in [0.1, 0.15) is 12.1 Å². The first kappa shape index (κ1) is 24.6. The molecule has 1 unspecified atom stereocenters. The molecule has 2 aromatic rings. The predicted molar refractivity (Wildman–Crippen MR) is 131 cm³/mol. The maximum absolute atomic E-state index is 12.6. The highest BCUT2D eigenvalue weighted by molar-refractivity contribution is 5.84. The van der Waals surface area contributed by atoms with Crippen molar-refractivity contribution in [2.45, 2.75) is 69.7 Å². The van der Waals surface area contributed by atoms with Crippen LogP contribution in [-0.2, 0) is 9.53 Å². The fraction of sp³-hybridized carbons (Fsp3) is 0.429. The molecule has 3 rings (SSSR count). The van der Waals surface area contributed by atoms with E-state index in [1.807, 2.05) is 30.3 Å². The lowest BCUT2D eigenvalue weighted by molar-refractivity contribution is -0.144. The van der Waals surface area contributed by atoms with E-state index < -0.39 is 17.6 Å². The standard InChI is InChI=1S/C28H35NO4/c1-3-4-5-6-7-8-9-14-19-28(2,26(30)31)29-27(32)33-20-25-23-17-12-10-15-21(23)22-16-11-13-18-24(22)25/h3,10-13,15-18,25H,1,4-9,14,19-20H2,2H3,(H,29,32)(H,30,31). The largest absolute Gasteiger partial charge is 0.480 e. The van der Waals surface area contributed by atoms with Crippen LogP contribution >= 0.6 is 0 Å². The lowest BCUT2D eigenvalue weighted by atomic mass is 9.94. The van der Waals surface area contributed by atoms with E-state index in [0.717, 1.165) is 60.8 Å². The monoisotopic (exact) mass is 449 g/mol. The Bertz CT molecular complexity index is 924. The Kier molecular flexibility index (Phi) is 8.70. The number of benzene rings is 2. The zero-order chi connectivity index (χ0) is 23.7. The van der Waals surface area contributed by atoms with Crippen molar-refractivity contribution in [2.24, 2.45) is 0 Å². The van der Waals surface area contributed by atoms with E-state index in [1.54, 1.807) is 6.92 Å². The Morgan fingerprint density at radius 2 is 1.52 bits per heavy atom. The maximum atomic E-state index is 12.6. The van der Waals surface area contributed by atoms with E-state index in [-0.39, 0.29) is 12.5 Å². The molecule has 5 nitrogen and oxygen atoms in total. The summed E-state index contributed by atoms with van der Waals surface area (Å²) in [7, 11) is 0. The van der Waals surface area contributed by atoms with Crippen molar-refractivity contribution in [3.63, 3.8) is 0 Å². The minimum atomic E-state index is -1.34. The lowest BCUT2D eigenvalue weighted by Crippen LogP contribution is -2.52. The lowest BCUT2D eigenvalue weighted by Gasteiger charge is -2.26. The van der Waals surface area contributed by atoms with Crippen LogP contribution in [0.15, 0.2) is 61.2 Å². The second-order valence-electron chi connectivity index (χ2n) is 9.04. The van der Waals surface area contributed by atoms with Gasteiger partial charge in [-0.1, -0.05) is 86.7 Å². The van der Waals surface area contributed by atoms with Gasteiger partial charge in [-0.25, -0.2) is 9.59 Å². The van der Waals surface area contributed by atoms with Crippen molar-refractivity contribution in [1.82, 2.24) is 5.32 Å². The molecule has 0 aliphatic heterocycles. The van der Waals surface area contributed by atoms with E-state index in [9.17, 15) is 14.7 Å². The SMILES string of the molecule is C=CCCCCCCCCC(C)(NC(=O)OCC1c2ccccc2-c2ccccc21)C(=O)O. The number of nitrogens with one attached hydrogen (secondary N) is 1. The molecule has 2 N–H and O–H groups in total. The number of ether oxygens (including phenoxy) is 1. The van der Waals surface area contributed by atoms with Gasteiger partial charge in [0.15, 0.2) is 0 Å². The second kappa shape index (κ2) is 11.7. The van der Waals surface area contributed by atoms with Crippen LogP contribution in [0.2, 0.25) is 0 Å². The molecule has 33 heavy (non-hydrogen) atoms. The molecule has 0 saturated heterocycles. The number of allylic oxidation sites excluding steroid dienone is 1. The van der Waals surface area contributed by atoms with Gasteiger partial charge in [-0.2, -0.15) is 0 Å². The number of rotatable bonds is 13. The van der Waals surface area contributed by atoms with Gasteiger partial charge in [-0.3, -0.25) is 0 Å². The Morgan fingerprint density at radius 3 is 2.09 bits per heavy atom. The summed E-state index contributed by atoms with van der Waals surface area (Å²) in [6.07, 6.45) is 8.88. The first-order chi connectivity index (χ1) is 16.0. The number of aliphatic carboxylic acids is 1. The van der Waals surface area contributed by atoms with E-state index in [4.69, 9.17) is 4.74 Å². The van der Waals surface area contributed by atoms with Crippen LogP contribution in [0, 0.1) is 0 Å². The van der Waals surface area contributed by atoms with Crippen LogP contribution < -0.4 is 5.32 Å². The number of unbranched alkanes of at least 4 members (excludes halogenated alkanes) is 6. The number of hydrogen-bond donors (Lipinski definition) is 2. The molecule has 1 atom stereocenters. The van der Waals surface area contributed by atoms with Gasteiger partial charge in [0.2, 0.25) is 0 Å². The van der Waals surface area contributed by atoms with Crippen LogP contribution in [0.3, 0.4) is 0 Å². The Labute approximate surface area is 196 Å². The molecule has 0 aromatic heterocycles. The van der Waals surface area contributed by atoms with E-state index in [0.29, 0.717) is 6.42 Å².